The molecule has 3 N–H and O–H groups in total. The second kappa shape index (κ2) is 7.26. The molecular formula is C25H40N4O. The van der Waals surface area contributed by atoms with Crippen LogP contribution in [0.4, 0.5) is 0 Å². The number of nitrogens with zero attached hydrogens (tertiary/aromatic N) is 2. The van der Waals surface area contributed by atoms with Crippen molar-refractivity contribution in [2.24, 2.45) is 28.9 Å². The first-order chi connectivity index (χ1) is 13.9. The van der Waals surface area contributed by atoms with E-state index < -0.39 is 0 Å². The summed E-state index contributed by atoms with van der Waals surface area (Å²) in [6.45, 7) is 10.8. The maximum atomic E-state index is 13.2. The Bertz CT molecular complexity index is 721. The van der Waals surface area contributed by atoms with E-state index in [2.05, 4.69) is 50.9 Å². The van der Waals surface area contributed by atoms with Gasteiger partial charge in [0.05, 0.1) is 0 Å². The molecule has 30 heavy (non-hydrogen) atoms. The van der Waals surface area contributed by atoms with Crippen molar-refractivity contribution in [1.82, 2.24) is 10.2 Å². The summed E-state index contributed by atoms with van der Waals surface area (Å²) in [6, 6.07) is 2.44. The first-order valence-corrected chi connectivity index (χ1v) is 11.9. The van der Waals surface area contributed by atoms with Gasteiger partial charge in [-0.15, -0.1) is 0 Å². The summed E-state index contributed by atoms with van der Waals surface area (Å²) < 4.78 is 0. The highest BCUT2D eigenvalue weighted by molar-refractivity contribution is 5.97. The van der Waals surface area contributed by atoms with Gasteiger partial charge in [-0.05, 0) is 109 Å². The molecular weight excluding hydrogens is 372 g/mol. The topological polar surface area (TPSA) is 82.2 Å². The van der Waals surface area contributed by atoms with Gasteiger partial charge in [0.2, 0.25) is 0 Å². The lowest BCUT2D eigenvalue weighted by Crippen LogP contribution is -2.61. The smallest absolute Gasteiger partial charge is 0.263 e. The second-order valence-electron chi connectivity index (χ2n) is 12.3. The van der Waals surface area contributed by atoms with Gasteiger partial charge in [0.15, 0.2) is 0 Å². The molecule has 166 valence electrons. The number of piperidine rings is 1. The van der Waals surface area contributed by atoms with E-state index in [1.165, 1.54) is 38.5 Å². The second-order valence-corrected chi connectivity index (χ2v) is 12.3. The third-order valence-corrected chi connectivity index (χ3v) is 8.80. The minimum atomic E-state index is -0.220. The SMILES string of the molecule is CC(NC(=O)/C(C#N)=C\N1C(C)(C)CC(N)CC1(C)C)C12CC3CC(CC(C3)C1)C2. The zero-order chi connectivity index (χ0) is 21.9. The quantitative estimate of drug-likeness (QED) is 0.538. The Hall–Kier alpha value is -1.54. The lowest BCUT2D eigenvalue weighted by Gasteiger charge is -2.59. The molecule has 0 radical (unpaired) electrons. The highest BCUT2D eigenvalue weighted by atomic mass is 16.1. The van der Waals surface area contributed by atoms with E-state index in [9.17, 15) is 10.1 Å². The average molecular weight is 413 g/mol. The van der Waals surface area contributed by atoms with E-state index in [1.54, 1.807) is 6.20 Å². The highest BCUT2D eigenvalue weighted by Crippen LogP contribution is 2.61. The zero-order valence-corrected chi connectivity index (χ0v) is 19.5. The molecule has 5 fully saturated rings. The Morgan fingerprint density at radius 1 is 1.03 bits per heavy atom. The molecule has 5 nitrogen and oxygen atoms in total. The number of nitriles is 1. The van der Waals surface area contributed by atoms with Crippen LogP contribution in [0.25, 0.3) is 0 Å². The van der Waals surface area contributed by atoms with Crippen LogP contribution in [0.5, 0.6) is 0 Å². The third-order valence-electron chi connectivity index (χ3n) is 8.80. The number of hydrogen-bond acceptors (Lipinski definition) is 4. The van der Waals surface area contributed by atoms with Crippen molar-refractivity contribution in [2.75, 3.05) is 0 Å². The number of carbonyl (C=O) groups excluding carboxylic acids is 1. The summed E-state index contributed by atoms with van der Waals surface area (Å²) in [5.41, 5.74) is 6.34. The van der Waals surface area contributed by atoms with Gasteiger partial charge in [0.25, 0.3) is 5.91 Å². The van der Waals surface area contributed by atoms with Gasteiger partial charge in [-0.2, -0.15) is 5.26 Å². The first-order valence-electron chi connectivity index (χ1n) is 11.9. The summed E-state index contributed by atoms with van der Waals surface area (Å²) in [5, 5.41) is 13.1. The molecule has 1 unspecified atom stereocenters. The number of nitrogens with two attached hydrogens (primary N) is 1. The fourth-order valence-corrected chi connectivity index (χ4v) is 8.12. The Balaban J connectivity index is 1.51. The summed E-state index contributed by atoms with van der Waals surface area (Å²) in [5.74, 6) is 2.32. The maximum Gasteiger partial charge on any atom is 0.263 e. The molecule has 0 aromatic heterocycles. The van der Waals surface area contributed by atoms with E-state index in [0.29, 0.717) is 0 Å². The van der Waals surface area contributed by atoms with Crippen LogP contribution in [0, 0.1) is 34.5 Å². The summed E-state index contributed by atoms with van der Waals surface area (Å²) >= 11 is 0. The van der Waals surface area contributed by atoms with Gasteiger partial charge in [-0.3, -0.25) is 4.79 Å². The lowest BCUT2D eigenvalue weighted by molar-refractivity contribution is -0.122. The fraction of sp³-hybridized carbons (Fsp3) is 0.840. The molecule has 4 aliphatic carbocycles. The lowest BCUT2D eigenvalue weighted by atomic mass is 9.48. The van der Waals surface area contributed by atoms with Gasteiger partial charge >= 0.3 is 0 Å². The van der Waals surface area contributed by atoms with Crippen molar-refractivity contribution in [1.29, 1.82) is 5.26 Å². The van der Waals surface area contributed by atoms with Crippen molar-refractivity contribution in [3.63, 3.8) is 0 Å². The standard InChI is InChI=1S/C25H40N4O/c1-16(25-9-17-6-18(10-25)8-19(7-17)11-25)28-22(30)20(14-26)15-29-23(2,3)12-21(27)13-24(29,4)5/h15-19,21H,6-13,27H2,1-5H3,(H,28,30)/b20-15-. The molecule has 1 aliphatic heterocycles. The van der Waals surface area contributed by atoms with Crippen LogP contribution in [0.3, 0.4) is 0 Å². The van der Waals surface area contributed by atoms with Gasteiger partial charge in [-0.1, -0.05) is 0 Å². The van der Waals surface area contributed by atoms with Crippen molar-refractivity contribution >= 4 is 5.91 Å². The molecule has 1 saturated heterocycles. The van der Waals surface area contributed by atoms with Gasteiger partial charge in [0, 0.05) is 29.4 Å². The van der Waals surface area contributed by atoms with Gasteiger partial charge in [0.1, 0.15) is 11.6 Å². The number of carbonyl (C=O) groups is 1. The monoisotopic (exact) mass is 412 g/mol. The molecule has 1 heterocycles. The summed E-state index contributed by atoms with van der Waals surface area (Å²) in [4.78, 5) is 15.4. The van der Waals surface area contributed by atoms with Crippen LogP contribution in [0.1, 0.15) is 86.0 Å². The average Bonchev–Trinajstić information content (AvgIpc) is 2.58. The largest absolute Gasteiger partial charge is 0.366 e. The molecule has 4 bridgehead atoms. The Kier molecular flexibility index (Phi) is 5.25. The normalized spacial score (nSPS) is 38.2. The third kappa shape index (κ3) is 3.77. The number of hydrogen-bond donors (Lipinski definition) is 2. The van der Waals surface area contributed by atoms with E-state index in [0.717, 1.165) is 30.6 Å². The van der Waals surface area contributed by atoms with Crippen LogP contribution in [0.2, 0.25) is 0 Å². The van der Waals surface area contributed by atoms with E-state index in [-0.39, 0.29) is 40.1 Å². The summed E-state index contributed by atoms with van der Waals surface area (Å²) in [7, 11) is 0. The van der Waals surface area contributed by atoms with Crippen molar-refractivity contribution in [3.05, 3.63) is 11.8 Å². The number of rotatable bonds is 4. The highest BCUT2D eigenvalue weighted by Gasteiger charge is 2.53. The molecule has 0 aromatic carbocycles. The zero-order valence-electron chi connectivity index (χ0n) is 19.5. The molecule has 0 spiro atoms. The minimum absolute atomic E-state index is 0.117. The summed E-state index contributed by atoms with van der Waals surface area (Å²) in [6.07, 6.45) is 11.4. The van der Waals surface area contributed by atoms with Crippen LogP contribution >= 0.6 is 0 Å². The van der Waals surface area contributed by atoms with Gasteiger partial charge in [-0.25, -0.2) is 0 Å². The minimum Gasteiger partial charge on any atom is -0.366 e. The van der Waals surface area contributed by atoms with E-state index in [1.807, 2.05) is 0 Å². The van der Waals surface area contributed by atoms with Crippen molar-refractivity contribution in [3.8, 4) is 6.07 Å². The van der Waals surface area contributed by atoms with Gasteiger partial charge < -0.3 is 16.0 Å². The van der Waals surface area contributed by atoms with Crippen LogP contribution in [-0.4, -0.2) is 34.0 Å². The van der Waals surface area contributed by atoms with E-state index in [4.69, 9.17) is 5.73 Å². The van der Waals surface area contributed by atoms with Crippen molar-refractivity contribution in [2.45, 2.75) is 109 Å². The molecule has 1 atom stereocenters. The fourth-order valence-electron chi connectivity index (χ4n) is 8.12. The predicted molar refractivity (Wildman–Crippen MR) is 119 cm³/mol. The molecule has 5 aliphatic rings. The van der Waals surface area contributed by atoms with Crippen molar-refractivity contribution < 1.29 is 4.79 Å². The molecule has 5 rings (SSSR count). The molecule has 4 saturated carbocycles. The Morgan fingerprint density at radius 3 is 1.93 bits per heavy atom. The number of likely N-dealkylation sites (tertiary alicyclic amines) is 1. The Morgan fingerprint density at radius 2 is 1.50 bits per heavy atom. The Labute approximate surface area is 182 Å². The molecule has 5 heteroatoms. The number of nitrogens with one attached hydrogen (secondary N) is 1. The van der Waals surface area contributed by atoms with Crippen LogP contribution in [0.15, 0.2) is 11.8 Å². The first kappa shape index (κ1) is 21.7. The molecule has 0 aromatic rings. The number of amides is 1. The molecule has 1 amide bonds. The maximum absolute atomic E-state index is 13.2. The van der Waals surface area contributed by atoms with Crippen LogP contribution < -0.4 is 11.1 Å². The van der Waals surface area contributed by atoms with E-state index >= 15 is 0 Å². The van der Waals surface area contributed by atoms with Crippen LogP contribution in [-0.2, 0) is 4.79 Å². The predicted octanol–water partition coefficient (Wildman–Crippen LogP) is 4.10.